The van der Waals surface area contributed by atoms with Crippen LogP contribution in [0.25, 0.3) is 0 Å². The van der Waals surface area contributed by atoms with Crippen LogP contribution >= 0.6 is 11.3 Å². The van der Waals surface area contributed by atoms with Crippen molar-refractivity contribution in [3.05, 3.63) is 47.0 Å². The molecule has 0 aliphatic heterocycles. The van der Waals surface area contributed by atoms with Crippen molar-refractivity contribution in [1.82, 2.24) is 4.98 Å². The van der Waals surface area contributed by atoms with Crippen LogP contribution in [-0.4, -0.2) is 31.7 Å². The quantitative estimate of drug-likeness (QED) is 0.787. The molecule has 0 saturated heterocycles. The highest BCUT2D eigenvalue weighted by molar-refractivity contribution is 7.13. The first-order valence-electron chi connectivity index (χ1n) is 5.99. The second kappa shape index (κ2) is 6.33. The van der Waals surface area contributed by atoms with Gasteiger partial charge in [0.15, 0.2) is 10.8 Å². The van der Waals surface area contributed by atoms with Gasteiger partial charge in [-0.3, -0.25) is 0 Å². The van der Waals surface area contributed by atoms with E-state index in [9.17, 15) is 4.79 Å². The number of hydrogen-bond acceptors (Lipinski definition) is 5. The van der Waals surface area contributed by atoms with Gasteiger partial charge in [0.25, 0.3) is 0 Å². The maximum atomic E-state index is 11.3. The van der Waals surface area contributed by atoms with Gasteiger partial charge in [0, 0.05) is 19.0 Å². The maximum Gasteiger partial charge on any atom is 0.357 e. The first-order valence-corrected chi connectivity index (χ1v) is 6.87. The third kappa shape index (κ3) is 3.54. The average molecular weight is 276 g/mol. The lowest BCUT2D eigenvalue weighted by Gasteiger charge is -2.15. The SMILES string of the molecule is COC(=O)c1csc(N(C)CCc2ccccc2)n1. The number of anilines is 1. The summed E-state index contributed by atoms with van der Waals surface area (Å²) < 4.78 is 4.65. The highest BCUT2D eigenvalue weighted by Gasteiger charge is 2.12. The molecule has 5 heteroatoms. The molecule has 0 amide bonds. The zero-order valence-corrected chi connectivity index (χ0v) is 11.8. The van der Waals surface area contributed by atoms with Crippen LogP contribution in [0, 0.1) is 0 Å². The van der Waals surface area contributed by atoms with Crippen LogP contribution in [0.1, 0.15) is 16.1 Å². The molecule has 0 aliphatic rings. The van der Waals surface area contributed by atoms with Crippen molar-refractivity contribution in [3.8, 4) is 0 Å². The van der Waals surface area contributed by atoms with E-state index in [1.54, 1.807) is 5.38 Å². The van der Waals surface area contributed by atoms with E-state index in [0.717, 1.165) is 18.1 Å². The second-order valence-electron chi connectivity index (χ2n) is 4.16. The standard InChI is InChI=1S/C14H16N2O2S/c1-16(9-8-11-6-4-3-5-7-11)14-15-12(10-19-14)13(17)18-2/h3-7,10H,8-9H2,1-2H3. The zero-order valence-electron chi connectivity index (χ0n) is 11.0. The van der Waals surface area contributed by atoms with E-state index >= 15 is 0 Å². The number of ether oxygens (including phenoxy) is 1. The minimum absolute atomic E-state index is 0.370. The summed E-state index contributed by atoms with van der Waals surface area (Å²) >= 11 is 1.45. The molecule has 2 aromatic rings. The van der Waals surface area contributed by atoms with Crippen LogP contribution in [0.4, 0.5) is 5.13 Å². The molecule has 0 radical (unpaired) electrons. The summed E-state index contributed by atoms with van der Waals surface area (Å²) in [6, 6.07) is 10.3. The van der Waals surface area contributed by atoms with E-state index in [4.69, 9.17) is 0 Å². The van der Waals surface area contributed by atoms with E-state index in [2.05, 4.69) is 21.9 Å². The largest absolute Gasteiger partial charge is 0.464 e. The summed E-state index contributed by atoms with van der Waals surface area (Å²) in [6.07, 6.45) is 0.949. The minimum atomic E-state index is -0.390. The smallest absolute Gasteiger partial charge is 0.357 e. The number of esters is 1. The van der Waals surface area contributed by atoms with E-state index in [1.807, 2.05) is 30.1 Å². The van der Waals surface area contributed by atoms with Crippen molar-refractivity contribution in [1.29, 1.82) is 0 Å². The molecule has 1 heterocycles. The van der Waals surface area contributed by atoms with Crippen LogP contribution in [-0.2, 0) is 11.2 Å². The third-order valence-corrected chi connectivity index (χ3v) is 3.75. The van der Waals surface area contributed by atoms with Gasteiger partial charge < -0.3 is 9.64 Å². The van der Waals surface area contributed by atoms with Crippen molar-refractivity contribution in [2.24, 2.45) is 0 Å². The van der Waals surface area contributed by atoms with Crippen LogP contribution in [0.3, 0.4) is 0 Å². The van der Waals surface area contributed by atoms with E-state index in [1.165, 1.54) is 24.0 Å². The molecule has 0 spiro atoms. The van der Waals surface area contributed by atoms with Crippen molar-refractivity contribution >= 4 is 22.4 Å². The monoisotopic (exact) mass is 276 g/mol. The van der Waals surface area contributed by atoms with Gasteiger partial charge in [-0.1, -0.05) is 30.3 Å². The number of benzene rings is 1. The molecule has 0 N–H and O–H groups in total. The molecule has 1 aromatic heterocycles. The fourth-order valence-corrected chi connectivity index (χ4v) is 2.46. The molecule has 19 heavy (non-hydrogen) atoms. The molecule has 0 fully saturated rings. The number of thiazole rings is 1. The predicted octanol–water partition coefficient (Wildman–Crippen LogP) is 2.61. The second-order valence-corrected chi connectivity index (χ2v) is 5.00. The van der Waals surface area contributed by atoms with E-state index in [0.29, 0.717) is 5.69 Å². The third-order valence-electron chi connectivity index (χ3n) is 2.79. The van der Waals surface area contributed by atoms with Crippen LogP contribution < -0.4 is 4.90 Å². The highest BCUT2D eigenvalue weighted by Crippen LogP contribution is 2.20. The fourth-order valence-electron chi connectivity index (χ4n) is 1.68. The van der Waals surface area contributed by atoms with Crippen molar-refractivity contribution in [2.75, 3.05) is 25.6 Å². The highest BCUT2D eigenvalue weighted by atomic mass is 32.1. The molecular weight excluding hydrogens is 260 g/mol. The summed E-state index contributed by atoms with van der Waals surface area (Å²) in [5.74, 6) is -0.390. The number of carbonyl (C=O) groups excluding carboxylic acids is 1. The predicted molar refractivity (Wildman–Crippen MR) is 76.9 cm³/mol. The number of methoxy groups -OCH3 is 1. The number of hydrogen-bond donors (Lipinski definition) is 0. The van der Waals surface area contributed by atoms with Gasteiger partial charge >= 0.3 is 5.97 Å². The Labute approximate surface area is 116 Å². The molecule has 0 aliphatic carbocycles. The average Bonchev–Trinajstić information content (AvgIpc) is 2.95. The van der Waals surface area contributed by atoms with Gasteiger partial charge in [-0.2, -0.15) is 0 Å². The Morgan fingerprint density at radius 3 is 2.79 bits per heavy atom. The molecule has 4 nitrogen and oxygen atoms in total. The Morgan fingerprint density at radius 1 is 1.37 bits per heavy atom. The Kier molecular flexibility index (Phi) is 4.52. The molecule has 0 saturated carbocycles. The minimum Gasteiger partial charge on any atom is -0.464 e. The first kappa shape index (κ1) is 13.5. The van der Waals surface area contributed by atoms with Gasteiger partial charge in [-0.25, -0.2) is 9.78 Å². The summed E-state index contributed by atoms with van der Waals surface area (Å²) in [7, 11) is 3.34. The van der Waals surface area contributed by atoms with Crippen LogP contribution in [0.5, 0.6) is 0 Å². The molecule has 0 unspecified atom stereocenters. The fraction of sp³-hybridized carbons (Fsp3) is 0.286. The van der Waals surface area contributed by atoms with Crippen molar-refractivity contribution in [3.63, 3.8) is 0 Å². The summed E-state index contributed by atoms with van der Waals surface area (Å²) in [4.78, 5) is 17.6. The van der Waals surface area contributed by atoms with Crippen molar-refractivity contribution < 1.29 is 9.53 Å². The number of rotatable bonds is 5. The lowest BCUT2D eigenvalue weighted by Crippen LogP contribution is -2.20. The number of aromatic nitrogens is 1. The van der Waals surface area contributed by atoms with E-state index < -0.39 is 0 Å². The number of nitrogens with zero attached hydrogens (tertiary/aromatic N) is 2. The lowest BCUT2D eigenvalue weighted by molar-refractivity contribution is 0.0595. The first-order chi connectivity index (χ1) is 9.20. The van der Waals surface area contributed by atoms with E-state index in [-0.39, 0.29) is 5.97 Å². The van der Waals surface area contributed by atoms with Gasteiger partial charge in [-0.15, -0.1) is 11.3 Å². The summed E-state index contributed by atoms with van der Waals surface area (Å²) in [5, 5.41) is 2.55. The molecule has 2 rings (SSSR count). The summed E-state index contributed by atoms with van der Waals surface area (Å²) in [5.41, 5.74) is 1.66. The Hall–Kier alpha value is -1.88. The molecule has 0 atom stereocenters. The lowest BCUT2D eigenvalue weighted by atomic mass is 10.1. The van der Waals surface area contributed by atoms with Crippen molar-refractivity contribution in [2.45, 2.75) is 6.42 Å². The molecule has 1 aromatic carbocycles. The molecular formula is C14H16N2O2S. The van der Waals surface area contributed by atoms with Crippen LogP contribution in [0.2, 0.25) is 0 Å². The number of likely N-dealkylation sites (N-methyl/N-ethyl adjacent to an activating group) is 1. The normalized spacial score (nSPS) is 10.2. The van der Waals surface area contributed by atoms with Gasteiger partial charge in [0.05, 0.1) is 7.11 Å². The van der Waals surface area contributed by atoms with Crippen LogP contribution in [0.15, 0.2) is 35.7 Å². The number of carbonyl (C=O) groups is 1. The zero-order chi connectivity index (χ0) is 13.7. The van der Waals surface area contributed by atoms with Gasteiger partial charge in [0.1, 0.15) is 0 Å². The van der Waals surface area contributed by atoms with Gasteiger partial charge in [-0.05, 0) is 12.0 Å². The Bertz CT molecular complexity index is 539. The topological polar surface area (TPSA) is 42.4 Å². The maximum absolute atomic E-state index is 11.3. The van der Waals surface area contributed by atoms with Gasteiger partial charge in [0.2, 0.25) is 0 Å². The summed E-state index contributed by atoms with van der Waals surface area (Å²) in [6.45, 7) is 0.859. The Morgan fingerprint density at radius 2 is 2.11 bits per heavy atom. The molecule has 100 valence electrons. The molecule has 0 bridgehead atoms. The Balaban J connectivity index is 1.94.